The number of carbonyl (C=O) groups excluding carboxylic acids is 2. The van der Waals surface area contributed by atoms with E-state index in [2.05, 4.69) is 20.3 Å². The molecular weight excluding hydrogens is 322 g/mol. The van der Waals surface area contributed by atoms with E-state index < -0.39 is 0 Å². The van der Waals surface area contributed by atoms with E-state index in [0.29, 0.717) is 38.7 Å². The van der Waals surface area contributed by atoms with Crippen LogP contribution in [0.3, 0.4) is 0 Å². The molecule has 0 aliphatic carbocycles. The van der Waals surface area contributed by atoms with Gasteiger partial charge in [-0.05, 0) is 26.2 Å². The zero-order valence-corrected chi connectivity index (χ0v) is 15.1. The molecule has 0 aromatic carbocycles. The smallest absolute Gasteiger partial charge is 0.324 e. The van der Waals surface area contributed by atoms with Gasteiger partial charge in [-0.1, -0.05) is 0 Å². The van der Waals surface area contributed by atoms with Crippen LogP contribution in [0.4, 0.5) is 10.7 Å². The van der Waals surface area contributed by atoms with Gasteiger partial charge in [0.1, 0.15) is 5.82 Å². The maximum absolute atomic E-state index is 12.3. The monoisotopic (exact) mass is 349 g/mol. The molecular formula is C16H27N7O2. The molecule has 0 unspecified atom stereocenters. The van der Waals surface area contributed by atoms with E-state index in [1.807, 2.05) is 11.8 Å². The highest BCUT2D eigenvalue weighted by molar-refractivity contribution is 5.87. The molecule has 9 heteroatoms. The van der Waals surface area contributed by atoms with Crippen molar-refractivity contribution in [1.82, 2.24) is 29.5 Å². The standard InChI is InChI=1S/C16H27N7O2/c1-13-17-15(19-20(13)2)18-16(25)23-10-8-21(9-11-23)12-14(24)22-6-4-3-5-7-22/h3-12H2,1-2H3,(H,18,19,25). The molecule has 3 rings (SSSR count). The van der Waals surface area contributed by atoms with Gasteiger partial charge in [0, 0.05) is 46.3 Å². The summed E-state index contributed by atoms with van der Waals surface area (Å²) in [5.74, 6) is 1.29. The first-order chi connectivity index (χ1) is 12.0. The third-order valence-electron chi connectivity index (χ3n) is 4.93. The average Bonchev–Trinajstić information content (AvgIpc) is 2.93. The molecule has 2 saturated heterocycles. The van der Waals surface area contributed by atoms with Crippen molar-refractivity contribution in [3.63, 3.8) is 0 Å². The van der Waals surface area contributed by atoms with E-state index in [1.54, 1.807) is 16.6 Å². The predicted octanol–water partition coefficient (Wildman–Crippen LogP) is 0.286. The molecule has 2 aliphatic rings. The zero-order valence-electron chi connectivity index (χ0n) is 15.1. The van der Waals surface area contributed by atoms with Crippen molar-refractivity contribution in [3.05, 3.63) is 5.82 Å². The van der Waals surface area contributed by atoms with Gasteiger partial charge in [-0.15, -0.1) is 5.10 Å². The fraction of sp³-hybridized carbons (Fsp3) is 0.750. The number of urea groups is 1. The van der Waals surface area contributed by atoms with E-state index in [4.69, 9.17) is 0 Å². The summed E-state index contributed by atoms with van der Waals surface area (Å²) in [6.07, 6.45) is 3.45. The number of likely N-dealkylation sites (tertiary alicyclic amines) is 1. The van der Waals surface area contributed by atoms with Crippen molar-refractivity contribution in [3.8, 4) is 0 Å². The number of amides is 3. The molecule has 1 aromatic heterocycles. The Morgan fingerprint density at radius 1 is 1.00 bits per heavy atom. The van der Waals surface area contributed by atoms with Crippen molar-refractivity contribution in [2.24, 2.45) is 7.05 Å². The van der Waals surface area contributed by atoms with Crippen LogP contribution in [0.1, 0.15) is 25.1 Å². The number of aryl methyl sites for hydroxylation is 2. The van der Waals surface area contributed by atoms with Crippen LogP contribution in [-0.2, 0) is 11.8 Å². The normalized spacial score (nSPS) is 19.1. The van der Waals surface area contributed by atoms with Gasteiger partial charge in [0.15, 0.2) is 0 Å². The second kappa shape index (κ2) is 7.81. The molecule has 25 heavy (non-hydrogen) atoms. The molecule has 3 heterocycles. The molecule has 9 nitrogen and oxygen atoms in total. The maximum Gasteiger partial charge on any atom is 0.324 e. The minimum absolute atomic E-state index is 0.187. The Morgan fingerprint density at radius 3 is 2.28 bits per heavy atom. The number of aromatic nitrogens is 3. The minimum atomic E-state index is -0.187. The number of carbonyl (C=O) groups is 2. The number of hydrogen-bond donors (Lipinski definition) is 1. The first kappa shape index (κ1) is 17.7. The summed E-state index contributed by atoms with van der Waals surface area (Å²) >= 11 is 0. The van der Waals surface area contributed by atoms with Crippen molar-refractivity contribution in [2.45, 2.75) is 26.2 Å². The predicted molar refractivity (Wildman–Crippen MR) is 93.2 cm³/mol. The van der Waals surface area contributed by atoms with Gasteiger partial charge >= 0.3 is 6.03 Å². The maximum atomic E-state index is 12.3. The minimum Gasteiger partial charge on any atom is -0.342 e. The van der Waals surface area contributed by atoms with E-state index in [9.17, 15) is 9.59 Å². The highest BCUT2D eigenvalue weighted by Crippen LogP contribution is 2.11. The summed E-state index contributed by atoms with van der Waals surface area (Å²) in [6.45, 7) is 6.69. The highest BCUT2D eigenvalue weighted by Gasteiger charge is 2.25. The topological polar surface area (TPSA) is 86.6 Å². The summed E-state index contributed by atoms with van der Waals surface area (Å²) in [7, 11) is 1.79. The van der Waals surface area contributed by atoms with Crippen molar-refractivity contribution < 1.29 is 9.59 Å². The summed E-state index contributed by atoms with van der Waals surface area (Å²) in [4.78, 5) is 34.7. The van der Waals surface area contributed by atoms with Crippen LogP contribution >= 0.6 is 0 Å². The Balaban J connectivity index is 1.43. The lowest BCUT2D eigenvalue weighted by Crippen LogP contribution is -2.52. The van der Waals surface area contributed by atoms with Crippen molar-refractivity contribution in [1.29, 1.82) is 0 Å². The molecule has 3 amide bonds. The van der Waals surface area contributed by atoms with Crippen molar-refractivity contribution >= 4 is 17.9 Å². The SMILES string of the molecule is Cc1nc(NC(=O)N2CCN(CC(=O)N3CCCCC3)CC2)nn1C. The molecule has 0 bridgehead atoms. The number of hydrogen-bond acceptors (Lipinski definition) is 5. The molecule has 2 fully saturated rings. The fourth-order valence-electron chi connectivity index (χ4n) is 3.23. The second-order valence-corrected chi connectivity index (χ2v) is 6.74. The van der Waals surface area contributed by atoms with Gasteiger partial charge in [-0.2, -0.15) is 4.98 Å². The Labute approximate surface area is 148 Å². The number of nitrogens with one attached hydrogen (secondary N) is 1. The largest absolute Gasteiger partial charge is 0.342 e. The molecule has 0 saturated carbocycles. The summed E-state index contributed by atoms with van der Waals surface area (Å²) in [6, 6.07) is -0.187. The van der Waals surface area contributed by atoms with Gasteiger partial charge in [0.2, 0.25) is 11.9 Å². The van der Waals surface area contributed by atoms with Gasteiger partial charge < -0.3 is 9.80 Å². The van der Waals surface area contributed by atoms with Gasteiger partial charge in [-0.3, -0.25) is 19.7 Å². The Morgan fingerprint density at radius 2 is 1.68 bits per heavy atom. The first-order valence-corrected chi connectivity index (χ1v) is 8.96. The molecule has 1 aromatic rings. The summed E-state index contributed by atoms with van der Waals surface area (Å²) in [5, 5.41) is 6.87. The number of anilines is 1. The zero-order chi connectivity index (χ0) is 17.8. The van der Waals surface area contributed by atoms with Crippen LogP contribution in [-0.4, -0.2) is 87.2 Å². The quantitative estimate of drug-likeness (QED) is 0.847. The molecule has 2 aliphatic heterocycles. The van der Waals surface area contributed by atoms with Crippen LogP contribution in [0.15, 0.2) is 0 Å². The molecule has 1 N–H and O–H groups in total. The number of piperidine rings is 1. The lowest BCUT2D eigenvalue weighted by Gasteiger charge is -2.35. The molecule has 0 atom stereocenters. The average molecular weight is 349 g/mol. The lowest BCUT2D eigenvalue weighted by molar-refractivity contribution is -0.133. The number of piperazine rings is 1. The molecule has 0 spiro atoms. The van der Waals surface area contributed by atoms with Crippen LogP contribution in [0.5, 0.6) is 0 Å². The van der Waals surface area contributed by atoms with Gasteiger partial charge in [0.25, 0.3) is 0 Å². The van der Waals surface area contributed by atoms with Gasteiger partial charge in [-0.25, -0.2) is 4.79 Å². The number of rotatable bonds is 3. The van der Waals surface area contributed by atoms with Crippen LogP contribution in [0.2, 0.25) is 0 Å². The van der Waals surface area contributed by atoms with E-state index in [-0.39, 0.29) is 11.9 Å². The van der Waals surface area contributed by atoms with Crippen LogP contribution < -0.4 is 5.32 Å². The third kappa shape index (κ3) is 4.47. The lowest BCUT2D eigenvalue weighted by atomic mass is 10.1. The second-order valence-electron chi connectivity index (χ2n) is 6.74. The summed E-state index contributed by atoms with van der Waals surface area (Å²) in [5.41, 5.74) is 0. The van der Waals surface area contributed by atoms with E-state index >= 15 is 0 Å². The summed E-state index contributed by atoms with van der Waals surface area (Å²) < 4.78 is 1.62. The van der Waals surface area contributed by atoms with E-state index in [0.717, 1.165) is 31.8 Å². The highest BCUT2D eigenvalue weighted by atomic mass is 16.2. The Bertz CT molecular complexity index is 596. The third-order valence-corrected chi connectivity index (χ3v) is 4.93. The van der Waals surface area contributed by atoms with Gasteiger partial charge in [0.05, 0.1) is 6.54 Å². The van der Waals surface area contributed by atoms with E-state index in [1.165, 1.54) is 6.42 Å². The fourth-order valence-corrected chi connectivity index (χ4v) is 3.23. The Kier molecular flexibility index (Phi) is 5.52. The van der Waals surface area contributed by atoms with Crippen LogP contribution in [0, 0.1) is 6.92 Å². The Hall–Kier alpha value is -2.16. The van der Waals surface area contributed by atoms with Crippen molar-refractivity contribution in [2.75, 3.05) is 51.1 Å². The molecule has 0 radical (unpaired) electrons. The van der Waals surface area contributed by atoms with Crippen LogP contribution in [0.25, 0.3) is 0 Å². The molecule has 138 valence electrons. The first-order valence-electron chi connectivity index (χ1n) is 8.96. The number of nitrogens with zero attached hydrogens (tertiary/aromatic N) is 6.